The summed E-state index contributed by atoms with van der Waals surface area (Å²) < 4.78 is 12.0. The molecule has 0 fully saturated rings. The predicted octanol–water partition coefficient (Wildman–Crippen LogP) is 4.84. The van der Waals surface area contributed by atoms with Crippen LogP contribution >= 0.6 is 0 Å². The highest BCUT2D eigenvalue weighted by Gasteiger charge is 2.28. The molecule has 2 amide bonds. The molecule has 0 spiro atoms. The van der Waals surface area contributed by atoms with Crippen LogP contribution in [0.4, 0.5) is 5.69 Å². The van der Waals surface area contributed by atoms with E-state index in [1.165, 1.54) is 17.1 Å². The summed E-state index contributed by atoms with van der Waals surface area (Å²) in [5.41, 5.74) is 4.24. The number of esters is 2. The molecule has 0 saturated carbocycles. The average molecular weight is 534 g/mol. The van der Waals surface area contributed by atoms with E-state index in [9.17, 15) is 19.2 Å². The number of nitrogens with one attached hydrogen (secondary N) is 1. The number of benzene rings is 2. The smallest absolute Gasteiger partial charge is 0.338 e. The molecule has 9 nitrogen and oxygen atoms in total. The van der Waals surface area contributed by atoms with Crippen molar-refractivity contribution < 1.29 is 28.7 Å². The molecule has 206 valence electrons. The highest BCUT2D eigenvalue weighted by Crippen LogP contribution is 2.20. The van der Waals surface area contributed by atoms with E-state index in [4.69, 9.17) is 9.47 Å². The lowest BCUT2D eigenvalue weighted by Gasteiger charge is -2.27. The van der Waals surface area contributed by atoms with Gasteiger partial charge >= 0.3 is 11.9 Å². The quantitative estimate of drug-likeness (QED) is 0.264. The van der Waals surface area contributed by atoms with Gasteiger partial charge in [0, 0.05) is 18.8 Å². The van der Waals surface area contributed by atoms with Crippen LogP contribution in [0.15, 0.2) is 79.1 Å². The van der Waals surface area contributed by atoms with Gasteiger partial charge in [0.2, 0.25) is 5.91 Å². The third-order valence-electron chi connectivity index (χ3n) is 5.94. The van der Waals surface area contributed by atoms with Crippen LogP contribution in [-0.4, -0.2) is 34.9 Å². The van der Waals surface area contributed by atoms with E-state index >= 15 is 0 Å². The fourth-order valence-corrected chi connectivity index (χ4v) is 3.78. The topological polar surface area (TPSA) is 107 Å². The molecule has 9 heteroatoms. The van der Waals surface area contributed by atoms with E-state index < -0.39 is 23.9 Å². The normalized spacial score (nSPS) is 11.5. The average Bonchev–Trinajstić information content (AvgIpc) is 3.47. The van der Waals surface area contributed by atoms with Crippen LogP contribution in [0.5, 0.6) is 0 Å². The largest absolute Gasteiger partial charge is 0.462 e. The number of aromatic nitrogens is 1. The lowest BCUT2D eigenvalue weighted by Crippen LogP contribution is -2.49. The number of anilines is 1. The first-order valence-corrected chi connectivity index (χ1v) is 13.0. The Hall–Kier alpha value is -4.40. The highest BCUT2D eigenvalue weighted by molar-refractivity contribution is 5.98. The number of nitrogens with zero attached hydrogens (tertiary/aromatic N) is 2. The third kappa shape index (κ3) is 8.84. The minimum absolute atomic E-state index is 0.0896. The van der Waals surface area contributed by atoms with Crippen molar-refractivity contribution in [2.75, 3.05) is 11.6 Å². The van der Waals surface area contributed by atoms with Crippen molar-refractivity contribution in [1.29, 1.82) is 0 Å². The van der Waals surface area contributed by atoms with Crippen LogP contribution in [0.25, 0.3) is 0 Å². The molecule has 0 radical (unpaired) electrons. The van der Waals surface area contributed by atoms with Gasteiger partial charge < -0.3 is 14.0 Å². The molecule has 3 rings (SSSR count). The highest BCUT2D eigenvalue weighted by atomic mass is 16.5. The van der Waals surface area contributed by atoms with E-state index in [1.807, 2.05) is 44.2 Å². The van der Waals surface area contributed by atoms with Crippen molar-refractivity contribution in [1.82, 2.24) is 9.99 Å². The summed E-state index contributed by atoms with van der Waals surface area (Å²) in [6.45, 7) is 6.06. The van der Waals surface area contributed by atoms with Gasteiger partial charge in [-0.25, -0.2) is 9.80 Å². The monoisotopic (exact) mass is 533 g/mol. The number of carbonyl (C=O) groups is 4. The molecule has 2 aromatic carbocycles. The van der Waals surface area contributed by atoms with Crippen LogP contribution < -0.4 is 10.4 Å². The first-order chi connectivity index (χ1) is 18.8. The van der Waals surface area contributed by atoms with Gasteiger partial charge in [0.1, 0.15) is 12.6 Å². The van der Waals surface area contributed by atoms with Gasteiger partial charge in [-0.05, 0) is 61.2 Å². The molecule has 1 heterocycles. The Kier molecular flexibility index (Phi) is 10.9. The summed E-state index contributed by atoms with van der Waals surface area (Å²) in [6.07, 6.45) is 3.94. The SMILES string of the molecule is CCOC(=O)c1ccc(N(NC(=O)C(CC(=O)OCc2ccccc2)n2cccc2)C(=O)CCC(C)C)cc1. The molecule has 3 aromatic rings. The lowest BCUT2D eigenvalue weighted by molar-refractivity contribution is -0.147. The standard InChI is InChI=1S/C30H35N3O6/c1-4-38-30(37)24-13-15-25(16-14-24)33(27(34)17-12-22(2)3)31-29(36)26(32-18-8-9-19-32)20-28(35)39-21-23-10-6-5-7-11-23/h5-11,13-16,18-19,22,26H,4,12,17,20-21H2,1-3H3,(H,31,36). The van der Waals surface area contributed by atoms with Gasteiger partial charge in [0.05, 0.1) is 24.3 Å². The molecular weight excluding hydrogens is 498 g/mol. The molecule has 1 unspecified atom stereocenters. The van der Waals surface area contributed by atoms with Gasteiger partial charge in [-0.2, -0.15) is 0 Å². The Morgan fingerprint density at radius 2 is 1.56 bits per heavy atom. The zero-order chi connectivity index (χ0) is 28.2. The van der Waals surface area contributed by atoms with Crippen molar-refractivity contribution in [3.8, 4) is 0 Å². The van der Waals surface area contributed by atoms with Gasteiger partial charge in [-0.15, -0.1) is 0 Å². The Labute approximate surface area is 228 Å². The number of hydrazine groups is 1. The number of rotatable bonds is 12. The summed E-state index contributed by atoms with van der Waals surface area (Å²) in [6, 6.07) is 18.0. The lowest BCUT2D eigenvalue weighted by atomic mass is 10.1. The first kappa shape index (κ1) is 29.2. The number of amides is 2. The van der Waals surface area contributed by atoms with Crippen LogP contribution in [0, 0.1) is 5.92 Å². The van der Waals surface area contributed by atoms with E-state index in [0.29, 0.717) is 17.7 Å². The number of hydrogen-bond acceptors (Lipinski definition) is 6. The zero-order valence-corrected chi connectivity index (χ0v) is 22.5. The van der Waals surface area contributed by atoms with Crippen molar-refractivity contribution in [2.45, 2.75) is 52.7 Å². The zero-order valence-electron chi connectivity index (χ0n) is 22.5. The summed E-state index contributed by atoms with van der Waals surface area (Å²) in [5, 5.41) is 1.17. The molecule has 0 aliphatic carbocycles. The summed E-state index contributed by atoms with van der Waals surface area (Å²) >= 11 is 0. The second-order valence-electron chi connectivity index (χ2n) is 9.40. The van der Waals surface area contributed by atoms with Crippen molar-refractivity contribution >= 4 is 29.4 Å². The fraction of sp³-hybridized carbons (Fsp3) is 0.333. The van der Waals surface area contributed by atoms with Crippen LogP contribution in [0.2, 0.25) is 0 Å². The summed E-state index contributed by atoms with van der Waals surface area (Å²) in [5.74, 6) is -1.63. The minimum atomic E-state index is -0.956. The summed E-state index contributed by atoms with van der Waals surface area (Å²) in [7, 11) is 0. The summed E-state index contributed by atoms with van der Waals surface area (Å²) in [4.78, 5) is 51.5. The van der Waals surface area contributed by atoms with Crippen LogP contribution in [-0.2, 0) is 30.5 Å². The van der Waals surface area contributed by atoms with Gasteiger partial charge in [0.15, 0.2) is 0 Å². The molecule has 1 aromatic heterocycles. The van der Waals surface area contributed by atoms with E-state index in [2.05, 4.69) is 5.43 Å². The number of ether oxygens (including phenoxy) is 2. The number of carbonyl (C=O) groups excluding carboxylic acids is 4. The molecule has 0 aliphatic heterocycles. The van der Waals surface area contributed by atoms with Gasteiger partial charge in [-0.1, -0.05) is 44.2 Å². The molecule has 1 atom stereocenters. The molecule has 0 aliphatic rings. The van der Waals surface area contributed by atoms with E-state index in [1.54, 1.807) is 48.1 Å². The van der Waals surface area contributed by atoms with Crippen molar-refractivity contribution in [3.05, 3.63) is 90.3 Å². The Bertz CT molecular complexity index is 1220. The minimum Gasteiger partial charge on any atom is -0.462 e. The number of hydrogen-bond donors (Lipinski definition) is 1. The van der Waals surface area contributed by atoms with Crippen LogP contribution in [0.1, 0.15) is 62.0 Å². The Morgan fingerprint density at radius 1 is 0.897 bits per heavy atom. The van der Waals surface area contributed by atoms with Gasteiger partial charge in [0.25, 0.3) is 5.91 Å². The maximum absolute atomic E-state index is 13.5. The Morgan fingerprint density at radius 3 is 2.18 bits per heavy atom. The van der Waals surface area contributed by atoms with E-state index in [0.717, 1.165) is 5.56 Å². The predicted molar refractivity (Wildman–Crippen MR) is 146 cm³/mol. The second-order valence-corrected chi connectivity index (χ2v) is 9.40. The maximum atomic E-state index is 13.5. The first-order valence-electron chi connectivity index (χ1n) is 13.0. The van der Waals surface area contributed by atoms with Crippen LogP contribution in [0.3, 0.4) is 0 Å². The van der Waals surface area contributed by atoms with Crippen molar-refractivity contribution in [3.63, 3.8) is 0 Å². The molecule has 39 heavy (non-hydrogen) atoms. The molecule has 0 saturated heterocycles. The third-order valence-corrected chi connectivity index (χ3v) is 5.94. The van der Waals surface area contributed by atoms with Gasteiger partial charge in [-0.3, -0.25) is 19.8 Å². The fourth-order valence-electron chi connectivity index (χ4n) is 3.78. The Balaban J connectivity index is 1.79. The van der Waals surface area contributed by atoms with E-state index in [-0.39, 0.29) is 37.9 Å². The maximum Gasteiger partial charge on any atom is 0.338 e. The second kappa shape index (κ2) is 14.5. The molecular formula is C30H35N3O6. The molecule has 0 bridgehead atoms. The van der Waals surface area contributed by atoms with Crippen molar-refractivity contribution in [2.24, 2.45) is 5.92 Å². The molecule has 1 N–H and O–H groups in total.